The second-order valence-electron chi connectivity index (χ2n) is 5.04. The van der Waals surface area contributed by atoms with Gasteiger partial charge in [0, 0.05) is 11.6 Å². The van der Waals surface area contributed by atoms with Gasteiger partial charge in [-0.2, -0.15) is 0 Å². The summed E-state index contributed by atoms with van der Waals surface area (Å²) in [6, 6.07) is 0.923. The van der Waals surface area contributed by atoms with Crippen molar-refractivity contribution < 1.29 is 27.8 Å². The highest BCUT2D eigenvalue weighted by molar-refractivity contribution is 7.89. The molecule has 0 radical (unpaired) electrons. The van der Waals surface area contributed by atoms with E-state index in [0.29, 0.717) is 0 Å². The van der Waals surface area contributed by atoms with Crippen LogP contribution in [0.5, 0.6) is 0 Å². The Bertz CT molecular complexity index is 642. The van der Waals surface area contributed by atoms with Gasteiger partial charge in [0.05, 0.1) is 17.1 Å². The van der Waals surface area contributed by atoms with E-state index >= 15 is 0 Å². The minimum absolute atomic E-state index is 0.173. The van der Waals surface area contributed by atoms with Crippen molar-refractivity contribution in [1.82, 2.24) is 4.72 Å². The van der Waals surface area contributed by atoms with Crippen LogP contribution in [0.1, 0.15) is 29.8 Å². The van der Waals surface area contributed by atoms with E-state index in [2.05, 4.69) is 4.72 Å². The molecule has 0 bridgehead atoms. The molecule has 21 heavy (non-hydrogen) atoms. The van der Waals surface area contributed by atoms with Crippen LogP contribution in [0, 0.1) is 18.7 Å². The number of carboxylic acid groups (broad SMARTS) is 1. The summed E-state index contributed by atoms with van der Waals surface area (Å²) in [5.41, 5.74) is -0.628. The van der Waals surface area contributed by atoms with Crippen LogP contribution < -0.4 is 4.72 Å². The molecule has 0 spiro atoms. The molecular weight excluding hydrogens is 301 g/mol. The molecule has 0 saturated carbocycles. The first-order valence-corrected chi connectivity index (χ1v) is 7.75. The number of nitrogens with one attached hydrogen (secondary N) is 1. The maximum Gasteiger partial charge on any atom is 0.335 e. The second kappa shape index (κ2) is 6.50. The number of aliphatic hydroxyl groups excluding tert-OH is 1. The van der Waals surface area contributed by atoms with Gasteiger partial charge in [0.2, 0.25) is 10.0 Å². The number of rotatable bonds is 6. The Morgan fingerprint density at radius 2 is 1.95 bits per heavy atom. The van der Waals surface area contributed by atoms with E-state index in [-0.39, 0.29) is 11.5 Å². The first-order valence-electron chi connectivity index (χ1n) is 6.26. The average molecular weight is 319 g/mol. The molecule has 1 atom stereocenters. The van der Waals surface area contributed by atoms with Crippen molar-refractivity contribution >= 4 is 16.0 Å². The predicted molar refractivity (Wildman–Crippen MR) is 74.1 cm³/mol. The molecule has 0 heterocycles. The summed E-state index contributed by atoms with van der Waals surface area (Å²) in [5.74, 6) is -2.52. The average Bonchev–Trinajstić information content (AvgIpc) is 2.38. The van der Waals surface area contributed by atoms with Crippen molar-refractivity contribution in [2.24, 2.45) is 5.92 Å². The molecule has 3 N–H and O–H groups in total. The molecule has 0 saturated heterocycles. The zero-order valence-corrected chi connectivity index (χ0v) is 12.7. The fraction of sp³-hybridized carbons (Fsp3) is 0.462. The Hall–Kier alpha value is -1.51. The molecule has 1 aromatic carbocycles. The normalized spacial score (nSPS) is 13.4. The van der Waals surface area contributed by atoms with Gasteiger partial charge in [0.1, 0.15) is 5.82 Å². The van der Waals surface area contributed by atoms with Crippen LogP contribution in [0.4, 0.5) is 4.39 Å². The van der Waals surface area contributed by atoms with Gasteiger partial charge in [-0.25, -0.2) is 22.3 Å². The van der Waals surface area contributed by atoms with Crippen LogP contribution in [-0.2, 0) is 10.0 Å². The number of benzene rings is 1. The Morgan fingerprint density at radius 1 is 1.38 bits per heavy atom. The number of hydrogen-bond acceptors (Lipinski definition) is 4. The lowest BCUT2D eigenvalue weighted by Crippen LogP contribution is -2.41. The molecule has 0 aliphatic carbocycles. The first-order chi connectivity index (χ1) is 9.60. The molecule has 0 unspecified atom stereocenters. The number of hydrogen-bond donors (Lipinski definition) is 3. The third-order valence-corrected chi connectivity index (χ3v) is 4.76. The predicted octanol–water partition coefficient (Wildman–Crippen LogP) is 1.13. The van der Waals surface area contributed by atoms with Gasteiger partial charge in [-0.15, -0.1) is 0 Å². The van der Waals surface area contributed by atoms with E-state index in [1.165, 1.54) is 6.92 Å². The molecule has 1 rings (SSSR count). The third-order valence-electron chi connectivity index (χ3n) is 3.14. The monoisotopic (exact) mass is 319 g/mol. The van der Waals surface area contributed by atoms with Crippen molar-refractivity contribution in [2.75, 3.05) is 6.61 Å². The molecular formula is C13H18FNO5S. The fourth-order valence-corrected chi connectivity index (χ4v) is 3.36. The van der Waals surface area contributed by atoms with E-state index in [4.69, 9.17) is 5.11 Å². The summed E-state index contributed by atoms with van der Waals surface area (Å²) in [5, 5.41) is 18.1. The zero-order chi connectivity index (χ0) is 16.4. The van der Waals surface area contributed by atoms with E-state index in [0.717, 1.165) is 12.1 Å². The molecule has 0 aliphatic rings. The minimum Gasteiger partial charge on any atom is -0.478 e. The highest BCUT2D eigenvalue weighted by atomic mass is 32.2. The molecule has 0 aliphatic heterocycles. The first kappa shape index (κ1) is 17.5. The maximum absolute atomic E-state index is 13.7. The van der Waals surface area contributed by atoms with Crippen LogP contribution in [0.2, 0.25) is 0 Å². The van der Waals surface area contributed by atoms with Crippen LogP contribution in [0.3, 0.4) is 0 Å². The number of carbonyl (C=O) groups is 1. The van der Waals surface area contributed by atoms with Crippen LogP contribution in [0.15, 0.2) is 17.0 Å². The molecule has 0 amide bonds. The summed E-state index contributed by atoms with van der Waals surface area (Å²) in [6.45, 7) is 4.25. The molecule has 0 fully saturated rings. The fourth-order valence-electron chi connectivity index (χ4n) is 1.70. The van der Waals surface area contributed by atoms with E-state index in [1.807, 2.05) is 0 Å². The van der Waals surface area contributed by atoms with Crippen LogP contribution >= 0.6 is 0 Å². The van der Waals surface area contributed by atoms with Gasteiger partial charge in [-0.1, -0.05) is 13.8 Å². The van der Waals surface area contributed by atoms with Crippen LogP contribution in [-0.4, -0.2) is 37.2 Å². The van der Waals surface area contributed by atoms with E-state index in [1.54, 1.807) is 13.8 Å². The summed E-state index contributed by atoms with van der Waals surface area (Å²) in [7, 11) is -4.14. The van der Waals surface area contributed by atoms with Crippen molar-refractivity contribution in [2.45, 2.75) is 31.7 Å². The van der Waals surface area contributed by atoms with Crippen molar-refractivity contribution in [3.63, 3.8) is 0 Å². The number of halogens is 1. The smallest absolute Gasteiger partial charge is 0.335 e. The lowest BCUT2D eigenvalue weighted by molar-refractivity contribution is 0.0696. The Morgan fingerprint density at radius 3 is 2.38 bits per heavy atom. The molecule has 6 nitrogen and oxygen atoms in total. The van der Waals surface area contributed by atoms with Crippen LogP contribution in [0.25, 0.3) is 0 Å². The Labute approximate surface area is 122 Å². The Kier molecular flexibility index (Phi) is 5.43. The zero-order valence-electron chi connectivity index (χ0n) is 11.9. The third kappa shape index (κ3) is 3.99. The molecule has 118 valence electrons. The van der Waals surface area contributed by atoms with E-state index in [9.17, 15) is 22.7 Å². The van der Waals surface area contributed by atoms with Gasteiger partial charge in [-0.05, 0) is 25.0 Å². The minimum atomic E-state index is -4.14. The standard InChI is InChI=1S/C13H18FNO5S/c1-7(2)11(6-16)15-21(19,20)12-5-9(13(17)18)4-10(14)8(12)3/h4-5,7,11,15-16H,6H2,1-3H3,(H,17,18)/t11-/m1/s1. The number of aromatic carboxylic acids is 1. The lowest BCUT2D eigenvalue weighted by Gasteiger charge is -2.20. The molecule has 8 heteroatoms. The maximum atomic E-state index is 13.7. The SMILES string of the molecule is Cc1c(F)cc(C(=O)O)cc1S(=O)(=O)N[C@H](CO)C(C)C. The number of carboxylic acids is 1. The highest BCUT2D eigenvalue weighted by Crippen LogP contribution is 2.21. The van der Waals surface area contributed by atoms with Crippen molar-refractivity contribution in [3.05, 3.63) is 29.1 Å². The summed E-state index contributed by atoms with van der Waals surface area (Å²) in [6.07, 6.45) is 0. The van der Waals surface area contributed by atoms with Gasteiger partial charge in [-0.3, -0.25) is 0 Å². The topological polar surface area (TPSA) is 104 Å². The second-order valence-corrected chi connectivity index (χ2v) is 6.72. The van der Waals surface area contributed by atoms with Gasteiger partial charge in [0.15, 0.2) is 0 Å². The quantitative estimate of drug-likeness (QED) is 0.729. The summed E-state index contributed by atoms with van der Waals surface area (Å²) in [4.78, 5) is 10.5. The Balaban J connectivity index is 3.34. The van der Waals surface area contributed by atoms with Gasteiger partial charge in [0.25, 0.3) is 0 Å². The lowest BCUT2D eigenvalue weighted by atomic mass is 10.1. The van der Waals surface area contributed by atoms with Crippen molar-refractivity contribution in [1.29, 1.82) is 0 Å². The largest absolute Gasteiger partial charge is 0.478 e. The van der Waals surface area contributed by atoms with Gasteiger partial charge >= 0.3 is 5.97 Å². The molecule has 1 aromatic rings. The summed E-state index contributed by atoms with van der Waals surface area (Å²) < 4.78 is 40.5. The van der Waals surface area contributed by atoms with Gasteiger partial charge < -0.3 is 10.2 Å². The highest BCUT2D eigenvalue weighted by Gasteiger charge is 2.26. The van der Waals surface area contributed by atoms with Crippen molar-refractivity contribution in [3.8, 4) is 0 Å². The number of aliphatic hydroxyl groups is 1. The van der Waals surface area contributed by atoms with E-state index < -0.39 is 44.9 Å². The summed E-state index contributed by atoms with van der Waals surface area (Å²) >= 11 is 0. The number of sulfonamides is 1. The molecule has 0 aromatic heterocycles.